The molecule has 0 aliphatic heterocycles. The number of nitrogens with one attached hydrogen (secondary N) is 3. The van der Waals surface area contributed by atoms with Crippen LogP contribution < -0.4 is 16.0 Å². The third kappa shape index (κ3) is 6.95. The normalized spacial score (nSPS) is 10.2. The van der Waals surface area contributed by atoms with Crippen LogP contribution in [0.3, 0.4) is 0 Å². The molecule has 2 aromatic carbocycles. The average molecular weight is 396 g/mol. The Balaban J connectivity index is 1.87. The Morgan fingerprint density at radius 2 is 1.66 bits per heavy atom. The van der Waals surface area contributed by atoms with Crippen molar-refractivity contribution < 1.29 is 14.4 Å². The summed E-state index contributed by atoms with van der Waals surface area (Å²) in [6, 6.07) is 13.8. The van der Waals surface area contributed by atoms with Gasteiger partial charge < -0.3 is 20.9 Å². The van der Waals surface area contributed by atoms with Gasteiger partial charge in [0.15, 0.2) is 0 Å². The lowest BCUT2D eigenvalue weighted by Gasteiger charge is -2.11. The molecule has 3 N–H and O–H groups in total. The third-order valence-electron chi connectivity index (χ3n) is 4.22. The van der Waals surface area contributed by atoms with E-state index in [0.29, 0.717) is 29.0 Å². The summed E-state index contributed by atoms with van der Waals surface area (Å²) in [5.74, 6) is -0.448. The molecular weight excluding hydrogens is 368 g/mol. The Morgan fingerprint density at radius 1 is 0.931 bits per heavy atom. The predicted molar refractivity (Wildman–Crippen MR) is 115 cm³/mol. The molecule has 0 radical (unpaired) electrons. The predicted octanol–water partition coefficient (Wildman–Crippen LogP) is 2.97. The summed E-state index contributed by atoms with van der Waals surface area (Å²) >= 11 is 0. The maximum absolute atomic E-state index is 12.2. The number of nitrogens with zero attached hydrogens (tertiary/aromatic N) is 1. The van der Waals surface area contributed by atoms with Crippen molar-refractivity contribution in [3.05, 3.63) is 59.7 Å². The van der Waals surface area contributed by atoms with Crippen LogP contribution >= 0.6 is 0 Å². The van der Waals surface area contributed by atoms with Crippen molar-refractivity contribution in [2.24, 2.45) is 0 Å². The van der Waals surface area contributed by atoms with Crippen molar-refractivity contribution in [1.29, 1.82) is 0 Å². The highest BCUT2D eigenvalue weighted by molar-refractivity contribution is 5.97. The molecule has 0 saturated carbocycles. The topological polar surface area (TPSA) is 90.5 Å². The van der Waals surface area contributed by atoms with Gasteiger partial charge in [-0.15, -0.1) is 0 Å². The monoisotopic (exact) mass is 396 g/mol. The minimum Gasteiger partial charge on any atom is -0.376 e. The molecule has 2 rings (SSSR count). The second-order valence-electron chi connectivity index (χ2n) is 6.87. The van der Waals surface area contributed by atoms with Crippen LogP contribution in [0.1, 0.15) is 40.5 Å². The fraction of sp³-hybridized carbons (Fsp3) is 0.318. The van der Waals surface area contributed by atoms with E-state index in [1.807, 2.05) is 0 Å². The van der Waals surface area contributed by atoms with E-state index < -0.39 is 0 Å². The molecule has 2 aromatic rings. The van der Waals surface area contributed by atoms with Gasteiger partial charge in [0, 0.05) is 43.1 Å². The minimum absolute atomic E-state index is 0.0548. The Morgan fingerprint density at radius 3 is 2.31 bits per heavy atom. The third-order valence-corrected chi connectivity index (χ3v) is 4.22. The van der Waals surface area contributed by atoms with Crippen molar-refractivity contribution in [2.45, 2.75) is 19.8 Å². The molecule has 0 aliphatic carbocycles. The zero-order valence-electron chi connectivity index (χ0n) is 17.1. The molecule has 7 heteroatoms. The summed E-state index contributed by atoms with van der Waals surface area (Å²) in [5, 5.41) is 8.66. The van der Waals surface area contributed by atoms with E-state index in [0.717, 1.165) is 12.8 Å². The van der Waals surface area contributed by atoms with Gasteiger partial charge in [-0.2, -0.15) is 0 Å². The molecule has 0 fully saturated rings. The lowest BCUT2D eigenvalue weighted by molar-refractivity contribution is -0.114. The second kappa shape index (κ2) is 10.8. The van der Waals surface area contributed by atoms with Crippen molar-refractivity contribution >= 4 is 29.1 Å². The lowest BCUT2D eigenvalue weighted by atomic mass is 10.2. The van der Waals surface area contributed by atoms with Gasteiger partial charge in [-0.25, -0.2) is 0 Å². The van der Waals surface area contributed by atoms with E-state index >= 15 is 0 Å². The van der Waals surface area contributed by atoms with E-state index in [2.05, 4.69) is 22.9 Å². The quantitative estimate of drug-likeness (QED) is 0.569. The number of rotatable bonds is 9. The second-order valence-corrected chi connectivity index (χ2v) is 6.87. The molecule has 0 heterocycles. The molecule has 29 heavy (non-hydrogen) atoms. The Hall–Kier alpha value is -3.35. The number of unbranched alkanes of at least 4 members (excludes halogenated alkanes) is 1. The maximum atomic E-state index is 12.2. The number of anilines is 2. The minimum atomic E-state index is -0.227. The molecule has 0 spiro atoms. The molecule has 7 nitrogen and oxygen atoms in total. The van der Waals surface area contributed by atoms with Crippen LogP contribution in [0.5, 0.6) is 0 Å². The van der Waals surface area contributed by atoms with Crippen LogP contribution in [-0.2, 0) is 4.79 Å². The van der Waals surface area contributed by atoms with Gasteiger partial charge in [0.1, 0.15) is 0 Å². The molecule has 0 saturated heterocycles. The number of amides is 3. The van der Waals surface area contributed by atoms with Crippen LogP contribution in [0, 0.1) is 0 Å². The van der Waals surface area contributed by atoms with E-state index in [1.165, 1.54) is 4.90 Å². The van der Waals surface area contributed by atoms with Crippen LogP contribution in [0.2, 0.25) is 0 Å². The van der Waals surface area contributed by atoms with Gasteiger partial charge in [-0.3, -0.25) is 14.4 Å². The van der Waals surface area contributed by atoms with Gasteiger partial charge in [0.25, 0.3) is 11.8 Å². The van der Waals surface area contributed by atoms with Crippen molar-refractivity contribution in [1.82, 2.24) is 10.2 Å². The van der Waals surface area contributed by atoms with Crippen molar-refractivity contribution in [3.63, 3.8) is 0 Å². The molecule has 0 unspecified atom stereocenters. The highest BCUT2D eigenvalue weighted by Crippen LogP contribution is 2.12. The lowest BCUT2D eigenvalue weighted by Crippen LogP contribution is -2.25. The first kappa shape index (κ1) is 21.9. The van der Waals surface area contributed by atoms with Gasteiger partial charge in [-0.05, 0) is 48.9 Å². The number of hydrogen-bond acceptors (Lipinski definition) is 4. The Kier molecular flexibility index (Phi) is 8.21. The van der Waals surface area contributed by atoms with E-state index in [4.69, 9.17) is 0 Å². The van der Waals surface area contributed by atoms with E-state index in [1.54, 1.807) is 62.6 Å². The summed E-state index contributed by atoms with van der Waals surface area (Å²) in [5.41, 5.74) is 2.40. The largest absolute Gasteiger partial charge is 0.376 e. The van der Waals surface area contributed by atoms with E-state index in [-0.39, 0.29) is 24.3 Å². The highest BCUT2D eigenvalue weighted by Gasteiger charge is 2.09. The van der Waals surface area contributed by atoms with E-state index in [9.17, 15) is 14.4 Å². The first-order valence-electron chi connectivity index (χ1n) is 9.64. The smallest absolute Gasteiger partial charge is 0.253 e. The van der Waals surface area contributed by atoms with Crippen LogP contribution in [0.4, 0.5) is 11.4 Å². The number of carbonyl (C=O) groups is 3. The molecule has 154 valence electrons. The molecule has 0 aromatic heterocycles. The first-order chi connectivity index (χ1) is 13.9. The zero-order valence-corrected chi connectivity index (χ0v) is 17.1. The van der Waals surface area contributed by atoms with Crippen LogP contribution in [0.15, 0.2) is 48.5 Å². The summed E-state index contributed by atoms with van der Waals surface area (Å²) in [7, 11) is 3.38. The molecule has 0 atom stereocenters. The molecular formula is C22H28N4O3. The maximum Gasteiger partial charge on any atom is 0.253 e. The zero-order chi connectivity index (χ0) is 21.2. The van der Waals surface area contributed by atoms with Gasteiger partial charge >= 0.3 is 0 Å². The fourth-order valence-corrected chi connectivity index (χ4v) is 2.59. The summed E-state index contributed by atoms with van der Waals surface area (Å²) in [4.78, 5) is 37.7. The SMILES string of the molecule is CCCCNC(=O)c1cccc(NCC(=O)Nc2ccc(C(=O)N(C)C)cc2)c1. The standard InChI is InChI=1S/C22H28N4O3/c1-4-5-13-23-21(28)17-7-6-8-19(14-17)24-15-20(27)25-18-11-9-16(10-12-18)22(29)26(2)3/h6-12,14,24H,4-5,13,15H2,1-3H3,(H,23,28)(H,25,27). The Bertz CT molecular complexity index is 847. The first-order valence-corrected chi connectivity index (χ1v) is 9.64. The highest BCUT2D eigenvalue weighted by atomic mass is 16.2. The van der Waals surface area contributed by atoms with Crippen LogP contribution in [0.25, 0.3) is 0 Å². The van der Waals surface area contributed by atoms with Gasteiger partial charge in [-0.1, -0.05) is 19.4 Å². The number of benzene rings is 2. The number of carbonyl (C=O) groups excluding carboxylic acids is 3. The van der Waals surface area contributed by atoms with Gasteiger partial charge in [0.05, 0.1) is 6.54 Å². The number of hydrogen-bond donors (Lipinski definition) is 3. The van der Waals surface area contributed by atoms with Crippen LogP contribution in [-0.4, -0.2) is 49.8 Å². The van der Waals surface area contributed by atoms with Gasteiger partial charge in [0.2, 0.25) is 5.91 Å². The molecule has 3 amide bonds. The van der Waals surface area contributed by atoms with Crippen molar-refractivity contribution in [3.8, 4) is 0 Å². The fourth-order valence-electron chi connectivity index (χ4n) is 2.59. The Labute approximate surface area is 171 Å². The molecule has 0 bridgehead atoms. The summed E-state index contributed by atoms with van der Waals surface area (Å²) in [6.07, 6.45) is 1.96. The molecule has 0 aliphatic rings. The summed E-state index contributed by atoms with van der Waals surface area (Å²) in [6.45, 7) is 2.77. The average Bonchev–Trinajstić information content (AvgIpc) is 2.72. The summed E-state index contributed by atoms with van der Waals surface area (Å²) < 4.78 is 0. The van der Waals surface area contributed by atoms with Crippen molar-refractivity contribution in [2.75, 3.05) is 37.8 Å².